The van der Waals surface area contributed by atoms with Crippen LogP contribution < -0.4 is 15.1 Å². The summed E-state index contributed by atoms with van der Waals surface area (Å²) in [6, 6.07) is 16.1. The summed E-state index contributed by atoms with van der Waals surface area (Å²) in [4.78, 5) is 15.6. The lowest BCUT2D eigenvalue weighted by molar-refractivity contribution is -0.904. The molecule has 2 aromatic rings. The maximum absolute atomic E-state index is 12.2. The van der Waals surface area contributed by atoms with Crippen LogP contribution in [0, 0.1) is 0 Å². The van der Waals surface area contributed by atoms with Crippen LogP contribution in [0.3, 0.4) is 0 Å². The summed E-state index contributed by atoms with van der Waals surface area (Å²) in [5.74, 6) is 0.0432. The largest absolute Gasteiger partial charge is 0.378 e. The second-order valence-corrected chi connectivity index (χ2v) is 6.79. The van der Waals surface area contributed by atoms with E-state index in [0.717, 1.165) is 18.7 Å². The molecule has 25 heavy (non-hydrogen) atoms. The molecule has 134 valence electrons. The molecule has 2 rings (SSSR count). The van der Waals surface area contributed by atoms with Crippen LogP contribution in [0.2, 0.25) is 5.02 Å². The van der Waals surface area contributed by atoms with Crippen molar-refractivity contribution >= 4 is 23.2 Å². The van der Waals surface area contributed by atoms with Gasteiger partial charge in [-0.05, 0) is 30.7 Å². The van der Waals surface area contributed by atoms with Gasteiger partial charge in [-0.3, -0.25) is 4.79 Å². The van der Waals surface area contributed by atoms with Gasteiger partial charge >= 0.3 is 0 Å². The molecule has 5 heteroatoms. The van der Waals surface area contributed by atoms with Crippen molar-refractivity contribution in [3.8, 4) is 0 Å². The third kappa shape index (κ3) is 6.07. The van der Waals surface area contributed by atoms with E-state index >= 15 is 0 Å². The number of amides is 1. The number of quaternary nitrogens is 1. The molecule has 0 aliphatic rings. The summed E-state index contributed by atoms with van der Waals surface area (Å²) in [6.45, 7) is 4.76. The first kappa shape index (κ1) is 19.3. The summed E-state index contributed by atoms with van der Waals surface area (Å²) in [5.41, 5.74) is 3.36. The van der Waals surface area contributed by atoms with Crippen molar-refractivity contribution in [1.82, 2.24) is 5.32 Å². The van der Waals surface area contributed by atoms with Gasteiger partial charge in [0.2, 0.25) is 0 Å². The molecule has 0 radical (unpaired) electrons. The van der Waals surface area contributed by atoms with E-state index in [1.54, 1.807) is 0 Å². The minimum atomic E-state index is 0.0432. The number of benzene rings is 2. The van der Waals surface area contributed by atoms with E-state index < -0.39 is 0 Å². The topological polar surface area (TPSA) is 36.8 Å². The summed E-state index contributed by atoms with van der Waals surface area (Å²) in [7, 11) is 4.06. The number of hydrogen-bond acceptors (Lipinski definition) is 2. The number of likely N-dealkylation sites (N-methyl/N-ethyl adjacent to an activating group) is 1. The molecule has 1 amide bonds. The minimum Gasteiger partial charge on any atom is -0.378 e. The second kappa shape index (κ2) is 9.44. The summed E-state index contributed by atoms with van der Waals surface area (Å²) in [6.07, 6.45) is 0. The van der Waals surface area contributed by atoms with Gasteiger partial charge in [0.1, 0.15) is 6.54 Å². The van der Waals surface area contributed by atoms with E-state index in [0.29, 0.717) is 18.1 Å². The zero-order chi connectivity index (χ0) is 18.2. The number of nitrogens with zero attached hydrogens (tertiary/aromatic N) is 1. The van der Waals surface area contributed by atoms with E-state index in [1.807, 2.05) is 38.4 Å². The van der Waals surface area contributed by atoms with Gasteiger partial charge in [-0.1, -0.05) is 41.9 Å². The van der Waals surface area contributed by atoms with Crippen LogP contribution in [0.4, 0.5) is 5.69 Å². The molecule has 0 heterocycles. The standard InChI is InChI=1S/C20H26ClN3O/c1-4-24(14-16-9-11-18(12-10-16)23(2)3)15-20(25)22-13-17-7-5-6-8-19(17)21/h5-12H,4,13-15H2,1-3H3,(H,22,25)/p+1. The number of rotatable bonds is 8. The molecule has 4 nitrogen and oxygen atoms in total. The number of hydrogen-bond donors (Lipinski definition) is 2. The van der Waals surface area contributed by atoms with Crippen molar-refractivity contribution in [1.29, 1.82) is 0 Å². The molecule has 0 saturated carbocycles. The molecular formula is C20H27ClN3O+. The quantitative estimate of drug-likeness (QED) is 0.756. The smallest absolute Gasteiger partial charge is 0.275 e. The van der Waals surface area contributed by atoms with Crippen molar-refractivity contribution < 1.29 is 9.69 Å². The van der Waals surface area contributed by atoms with Crippen LogP contribution in [-0.4, -0.2) is 33.1 Å². The maximum Gasteiger partial charge on any atom is 0.275 e. The number of anilines is 1. The van der Waals surface area contributed by atoms with E-state index in [1.165, 1.54) is 16.2 Å². The first-order valence-electron chi connectivity index (χ1n) is 8.59. The zero-order valence-corrected chi connectivity index (χ0v) is 15.9. The molecule has 1 atom stereocenters. The van der Waals surface area contributed by atoms with Gasteiger partial charge in [-0.15, -0.1) is 0 Å². The van der Waals surface area contributed by atoms with Gasteiger partial charge in [0.15, 0.2) is 6.54 Å². The molecule has 0 bridgehead atoms. The lowest BCUT2D eigenvalue weighted by Crippen LogP contribution is -3.11. The third-order valence-electron chi connectivity index (χ3n) is 4.25. The van der Waals surface area contributed by atoms with E-state index in [9.17, 15) is 4.79 Å². The monoisotopic (exact) mass is 360 g/mol. The normalized spacial score (nSPS) is 11.8. The van der Waals surface area contributed by atoms with Gasteiger partial charge in [-0.2, -0.15) is 0 Å². The Kier molecular flexibility index (Phi) is 7.29. The summed E-state index contributed by atoms with van der Waals surface area (Å²) < 4.78 is 0. The highest BCUT2D eigenvalue weighted by molar-refractivity contribution is 6.31. The fourth-order valence-corrected chi connectivity index (χ4v) is 2.84. The molecule has 0 fully saturated rings. The Morgan fingerprint density at radius 3 is 2.40 bits per heavy atom. The fourth-order valence-electron chi connectivity index (χ4n) is 2.64. The Hall–Kier alpha value is -2.04. The van der Waals surface area contributed by atoms with Crippen LogP contribution in [0.25, 0.3) is 0 Å². The number of halogens is 1. The highest BCUT2D eigenvalue weighted by Gasteiger charge is 2.13. The highest BCUT2D eigenvalue weighted by atomic mass is 35.5. The molecule has 2 N–H and O–H groups in total. The molecule has 0 aliphatic heterocycles. The Bertz CT molecular complexity index is 686. The SMILES string of the molecule is CC[NH+](CC(=O)NCc1ccccc1Cl)Cc1ccc(N(C)C)cc1. The van der Waals surface area contributed by atoms with E-state index in [4.69, 9.17) is 11.6 Å². The second-order valence-electron chi connectivity index (χ2n) is 6.39. The zero-order valence-electron chi connectivity index (χ0n) is 15.2. The van der Waals surface area contributed by atoms with Crippen molar-refractivity contribution in [2.75, 3.05) is 32.1 Å². The molecule has 0 aromatic heterocycles. The minimum absolute atomic E-state index is 0.0432. The fraction of sp³-hybridized carbons (Fsp3) is 0.350. The third-order valence-corrected chi connectivity index (χ3v) is 4.62. The Morgan fingerprint density at radius 2 is 1.80 bits per heavy atom. The van der Waals surface area contributed by atoms with Gasteiger partial charge in [-0.25, -0.2) is 0 Å². The van der Waals surface area contributed by atoms with Crippen molar-refractivity contribution in [2.24, 2.45) is 0 Å². The Morgan fingerprint density at radius 1 is 1.12 bits per heavy atom. The van der Waals surface area contributed by atoms with Gasteiger partial charge in [0.25, 0.3) is 5.91 Å². The first-order valence-corrected chi connectivity index (χ1v) is 8.97. The molecular weight excluding hydrogens is 334 g/mol. The molecule has 0 spiro atoms. The predicted octanol–water partition coefficient (Wildman–Crippen LogP) is 2.13. The van der Waals surface area contributed by atoms with Crippen LogP contribution in [0.15, 0.2) is 48.5 Å². The Labute approximate surface area is 155 Å². The van der Waals surface area contributed by atoms with Crippen molar-refractivity contribution in [3.63, 3.8) is 0 Å². The lowest BCUT2D eigenvalue weighted by atomic mass is 10.2. The Balaban J connectivity index is 1.86. The predicted molar refractivity (Wildman–Crippen MR) is 104 cm³/mol. The lowest BCUT2D eigenvalue weighted by Gasteiger charge is -2.18. The first-order chi connectivity index (χ1) is 12.0. The van der Waals surface area contributed by atoms with Crippen LogP contribution in [0.5, 0.6) is 0 Å². The van der Waals surface area contributed by atoms with Crippen LogP contribution >= 0.6 is 11.6 Å². The van der Waals surface area contributed by atoms with Crippen LogP contribution in [-0.2, 0) is 17.9 Å². The highest BCUT2D eigenvalue weighted by Crippen LogP contribution is 2.14. The van der Waals surface area contributed by atoms with Gasteiger partial charge in [0, 0.05) is 36.9 Å². The molecule has 0 saturated heterocycles. The van der Waals surface area contributed by atoms with E-state index in [2.05, 4.69) is 41.4 Å². The van der Waals surface area contributed by atoms with Crippen molar-refractivity contribution in [3.05, 3.63) is 64.7 Å². The molecule has 2 aromatic carbocycles. The average molecular weight is 361 g/mol. The van der Waals surface area contributed by atoms with Gasteiger partial charge < -0.3 is 15.1 Å². The number of carbonyl (C=O) groups excluding carboxylic acids is 1. The summed E-state index contributed by atoms with van der Waals surface area (Å²) in [5, 5.41) is 3.65. The van der Waals surface area contributed by atoms with E-state index in [-0.39, 0.29) is 5.91 Å². The average Bonchev–Trinajstić information content (AvgIpc) is 2.61. The number of carbonyl (C=O) groups is 1. The molecule has 1 unspecified atom stereocenters. The van der Waals surface area contributed by atoms with Gasteiger partial charge in [0.05, 0.1) is 6.54 Å². The molecule has 0 aliphatic carbocycles. The number of nitrogens with one attached hydrogen (secondary N) is 2. The van der Waals surface area contributed by atoms with Crippen molar-refractivity contribution in [2.45, 2.75) is 20.0 Å². The summed E-state index contributed by atoms with van der Waals surface area (Å²) >= 11 is 6.12. The maximum atomic E-state index is 12.2. The van der Waals surface area contributed by atoms with Crippen LogP contribution in [0.1, 0.15) is 18.1 Å².